The molecule has 0 spiro atoms. The van der Waals surface area contributed by atoms with Crippen LogP contribution in [0.25, 0.3) is 0 Å². The molecule has 0 fully saturated rings. The summed E-state index contributed by atoms with van der Waals surface area (Å²) >= 11 is 0. The average Bonchev–Trinajstić information content (AvgIpc) is 2.20. The fourth-order valence-corrected chi connectivity index (χ4v) is 1.68. The van der Waals surface area contributed by atoms with Crippen LogP contribution in [0.1, 0.15) is 19.4 Å². The second kappa shape index (κ2) is 5.13. The molecular weight excluding hydrogens is 172 g/mol. The third kappa shape index (κ3) is 3.13. The van der Waals surface area contributed by atoms with Crippen molar-refractivity contribution in [2.24, 2.45) is 5.73 Å². The van der Waals surface area contributed by atoms with E-state index < -0.39 is 0 Å². The summed E-state index contributed by atoms with van der Waals surface area (Å²) in [5, 5.41) is 3.43. The van der Waals surface area contributed by atoms with Crippen LogP contribution in [0.3, 0.4) is 0 Å². The van der Waals surface area contributed by atoms with Gasteiger partial charge in [-0.15, -0.1) is 0 Å². The summed E-state index contributed by atoms with van der Waals surface area (Å²) in [5.41, 5.74) is 7.14. The quantitative estimate of drug-likeness (QED) is 0.743. The van der Waals surface area contributed by atoms with E-state index in [1.54, 1.807) is 0 Å². The highest BCUT2D eigenvalue weighted by Crippen LogP contribution is 2.11. The van der Waals surface area contributed by atoms with Crippen molar-refractivity contribution in [3.05, 3.63) is 35.9 Å². The fourth-order valence-electron chi connectivity index (χ4n) is 1.68. The van der Waals surface area contributed by atoms with E-state index >= 15 is 0 Å². The van der Waals surface area contributed by atoms with E-state index in [0.717, 1.165) is 13.0 Å². The van der Waals surface area contributed by atoms with Crippen LogP contribution in [0.4, 0.5) is 0 Å². The van der Waals surface area contributed by atoms with Crippen LogP contribution in [0, 0.1) is 0 Å². The Balaban J connectivity index is 2.65. The van der Waals surface area contributed by atoms with Crippen LogP contribution >= 0.6 is 0 Å². The number of benzene rings is 1. The first-order valence-corrected chi connectivity index (χ1v) is 5.19. The van der Waals surface area contributed by atoms with Crippen LogP contribution in [0.15, 0.2) is 30.3 Å². The number of hydrogen-bond donors (Lipinski definition) is 2. The van der Waals surface area contributed by atoms with Crippen molar-refractivity contribution in [2.75, 3.05) is 13.1 Å². The third-order valence-corrected chi connectivity index (χ3v) is 2.49. The van der Waals surface area contributed by atoms with Gasteiger partial charge in [-0.25, -0.2) is 0 Å². The fraction of sp³-hybridized carbons (Fsp3) is 0.500. The lowest BCUT2D eigenvalue weighted by atomic mass is 9.93. The average molecular weight is 192 g/mol. The maximum atomic E-state index is 5.78. The molecule has 0 bridgehead atoms. The predicted molar refractivity (Wildman–Crippen MR) is 61.3 cm³/mol. The Morgan fingerprint density at radius 3 is 2.43 bits per heavy atom. The lowest BCUT2D eigenvalue weighted by Crippen LogP contribution is -2.50. The number of likely N-dealkylation sites (N-methyl/N-ethyl adjacent to an activating group) is 1. The first-order valence-electron chi connectivity index (χ1n) is 5.19. The van der Waals surface area contributed by atoms with E-state index in [9.17, 15) is 0 Å². The Labute approximate surface area is 86.5 Å². The van der Waals surface area contributed by atoms with E-state index in [1.165, 1.54) is 5.56 Å². The maximum Gasteiger partial charge on any atom is 0.0316 e. The molecule has 2 nitrogen and oxygen atoms in total. The van der Waals surface area contributed by atoms with Gasteiger partial charge in [-0.2, -0.15) is 0 Å². The normalized spacial score (nSPS) is 15.1. The zero-order chi connectivity index (χ0) is 10.4. The van der Waals surface area contributed by atoms with Gasteiger partial charge in [0.15, 0.2) is 0 Å². The highest BCUT2D eigenvalue weighted by molar-refractivity contribution is 5.17. The first kappa shape index (κ1) is 11.2. The molecule has 14 heavy (non-hydrogen) atoms. The molecule has 3 N–H and O–H groups in total. The minimum Gasteiger partial charge on any atom is -0.329 e. The van der Waals surface area contributed by atoms with Gasteiger partial charge in [0.25, 0.3) is 0 Å². The van der Waals surface area contributed by atoms with Gasteiger partial charge in [0, 0.05) is 12.1 Å². The van der Waals surface area contributed by atoms with Gasteiger partial charge in [0.05, 0.1) is 0 Å². The Bertz CT molecular complexity index is 258. The van der Waals surface area contributed by atoms with E-state index in [0.29, 0.717) is 6.54 Å². The van der Waals surface area contributed by atoms with Crippen LogP contribution in [0.5, 0.6) is 0 Å². The smallest absolute Gasteiger partial charge is 0.0316 e. The standard InChI is InChI=1S/C12H20N2/c1-3-14-12(2,10-13)9-11-7-5-4-6-8-11/h4-8,14H,3,9-10,13H2,1-2H3. The van der Waals surface area contributed by atoms with Crippen molar-refractivity contribution < 1.29 is 0 Å². The topological polar surface area (TPSA) is 38.0 Å². The molecule has 1 rings (SSSR count). The summed E-state index contributed by atoms with van der Waals surface area (Å²) in [6.07, 6.45) is 0.984. The van der Waals surface area contributed by atoms with Gasteiger partial charge < -0.3 is 11.1 Å². The van der Waals surface area contributed by atoms with Crippen molar-refractivity contribution in [1.82, 2.24) is 5.32 Å². The lowest BCUT2D eigenvalue weighted by molar-refractivity contribution is 0.370. The molecule has 0 aromatic heterocycles. The SMILES string of the molecule is CCNC(C)(CN)Cc1ccccc1. The maximum absolute atomic E-state index is 5.78. The molecule has 0 saturated carbocycles. The van der Waals surface area contributed by atoms with Gasteiger partial charge in [-0.05, 0) is 25.5 Å². The number of nitrogens with two attached hydrogens (primary N) is 1. The number of rotatable bonds is 5. The molecule has 0 aliphatic heterocycles. The van der Waals surface area contributed by atoms with Crippen LogP contribution in [-0.4, -0.2) is 18.6 Å². The monoisotopic (exact) mass is 192 g/mol. The molecule has 0 aliphatic rings. The molecule has 0 radical (unpaired) electrons. The molecular formula is C12H20N2. The van der Waals surface area contributed by atoms with E-state index in [2.05, 4.69) is 43.4 Å². The zero-order valence-corrected chi connectivity index (χ0v) is 9.09. The molecule has 1 aromatic rings. The Morgan fingerprint density at radius 1 is 1.29 bits per heavy atom. The van der Waals surface area contributed by atoms with Gasteiger partial charge in [0.1, 0.15) is 0 Å². The van der Waals surface area contributed by atoms with Gasteiger partial charge in [-0.3, -0.25) is 0 Å². The summed E-state index contributed by atoms with van der Waals surface area (Å²) in [6.45, 7) is 5.90. The second-order valence-corrected chi connectivity index (χ2v) is 3.96. The Hall–Kier alpha value is -0.860. The highest BCUT2D eigenvalue weighted by atomic mass is 15.0. The summed E-state index contributed by atoms with van der Waals surface area (Å²) in [6, 6.07) is 10.5. The molecule has 1 unspecified atom stereocenters. The van der Waals surface area contributed by atoms with Crippen LogP contribution in [-0.2, 0) is 6.42 Å². The van der Waals surface area contributed by atoms with E-state index in [-0.39, 0.29) is 5.54 Å². The third-order valence-electron chi connectivity index (χ3n) is 2.49. The van der Waals surface area contributed by atoms with Gasteiger partial charge in [-0.1, -0.05) is 37.3 Å². The summed E-state index contributed by atoms with van der Waals surface area (Å²) in [4.78, 5) is 0. The highest BCUT2D eigenvalue weighted by Gasteiger charge is 2.20. The zero-order valence-electron chi connectivity index (χ0n) is 9.09. The molecule has 0 heterocycles. The molecule has 1 aromatic carbocycles. The van der Waals surface area contributed by atoms with Crippen molar-refractivity contribution in [2.45, 2.75) is 25.8 Å². The summed E-state index contributed by atoms with van der Waals surface area (Å²) in [5.74, 6) is 0. The number of nitrogens with one attached hydrogen (secondary N) is 1. The summed E-state index contributed by atoms with van der Waals surface area (Å²) in [7, 11) is 0. The minimum atomic E-state index is 0.0239. The molecule has 0 amide bonds. The van der Waals surface area contributed by atoms with E-state index in [4.69, 9.17) is 5.73 Å². The largest absolute Gasteiger partial charge is 0.329 e. The Kier molecular flexibility index (Phi) is 4.11. The number of hydrogen-bond acceptors (Lipinski definition) is 2. The van der Waals surface area contributed by atoms with Gasteiger partial charge >= 0.3 is 0 Å². The lowest BCUT2D eigenvalue weighted by Gasteiger charge is -2.29. The summed E-state index contributed by atoms with van der Waals surface area (Å²) < 4.78 is 0. The van der Waals surface area contributed by atoms with Crippen molar-refractivity contribution in [3.63, 3.8) is 0 Å². The Morgan fingerprint density at radius 2 is 1.93 bits per heavy atom. The van der Waals surface area contributed by atoms with Gasteiger partial charge in [0.2, 0.25) is 0 Å². The molecule has 0 aliphatic carbocycles. The molecule has 78 valence electrons. The van der Waals surface area contributed by atoms with Crippen LogP contribution < -0.4 is 11.1 Å². The van der Waals surface area contributed by atoms with Crippen molar-refractivity contribution in [3.8, 4) is 0 Å². The van der Waals surface area contributed by atoms with Crippen LogP contribution in [0.2, 0.25) is 0 Å². The second-order valence-electron chi connectivity index (χ2n) is 3.96. The predicted octanol–water partition coefficient (Wildman–Crippen LogP) is 1.56. The van der Waals surface area contributed by atoms with E-state index in [1.807, 2.05) is 6.07 Å². The minimum absolute atomic E-state index is 0.0239. The van der Waals surface area contributed by atoms with Crippen molar-refractivity contribution in [1.29, 1.82) is 0 Å². The molecule has 1 atom stereocenters. The molecule has 2 heteroatoms. The first-order chi connectivity index (χ1) is 6.70. The van der Waals surface area contributed by atoms with Crippen molar-refractivity contribution >= 4 is 0 Å². The molecule has 0 saturated heterocycles.